The number of fused-ring (bicyclic) bond motifs is 1. The molecule has 1 N–H and O–H groups in total. The first-order valence-corrected chi connectivity index (χ1v) is 7.24. The van der Waals surface area contributed by atoms with E-state index in [0.29, 0.717) is 12.4 Å². The van der Waals surface area contributed by atoms with Gasteiger partial charge >= 0.3 is 0 Å². The van der Waals surface area contributed by atoms with Crippen molar-refractivity contribution in [2.45, 2.75) is 25.6 Å². The van der Waals surface area contributed by atoms with Crippen molar-refractivity contribution in [1.29, 1.82) is 0 Å². The van der Waals surface area contributed by atoms with Gasteiger partial charge in [-0.2, -0.15) is 0 Å². The molecule has 19 heavy (non-hydrogen) atoms. The Balaban J connectivity index is 1.77. The van der Waals surface area contributed by atoms with Crippen molar-refractivity contribution in [3.8, 4) is 11.5 Å². The number of thiophene rings is 1. The fourth-order valence-corrected chi connectivity index (χ4v) is 3.11. The molecule has 0 spiro atoms. The van der Waals surface area contributed by atoms with Crippen LogP contribution in [0.3, 0.4) is 0 Å². The molecule has 2 heterocycles. The maximum atomic E-state index is 10.4. The lowest BCUT2D eigenvalue weighted by molar-refractivity contribution is -0.00959. The van der Waals surface area contributed by atoms with Gasteiger partial charge in [0.05, 0.1) is 0 Å². The number of aliphatic hydroxyl groups is 1. The molecule has 0 bridgehead atoms. The van der Waals surface area contributed by atoms with Gasteiger partial charge in [0.2, 0.25) is 0 Å². The second-order valence-electron chi connectivity index (χ2n) is 4.52. The molecule has 3 nitrogen and oxygen atoms in total. The summed E-state index contributed by atoms with van der Waals surface area (Å²) >= 11 is 1.63. The number of aliphatic hydroxyl groups excluding tert-OH is 1. The van der Waals surface area contributed by atoms with E-state index in [-0.39, 0.29) is 6.10 Å². The summed E-state index contributed by atoms with van der Waals surface area (Å²) < 4.78 is 11.5. The van der Waals surface area contributed by atoms with Crippen LogP contribution in [0.15, 0.2) is 36.4 Å². The Hall–Kier alpha value is -1.52. The first kappa shape index (κ1) is 12.5. The van der Waals surface area contributed by atoms with Gasteiger partial charge in [-0.1, -0.05) is 19.1 Å². The van der Waals surface area contributed by atoms with E-state index < -0.39 is 6.10 Å². The number of hydrogen-bond acceptors (Lipinski definition) is 4. The Bertz CT molecular complexity index is 564. The van der Waals surface area contributed by atoms with Crippen LogP contribution >= 0.6 is 11.3 Å². The molecule has 0 fully saturated rings. The number of benzene rings is 1. The molecule has 1 aliphatic rings. The topological polar surface area (TPSA) is 38.7 Å². The second-order valence-corrected chi connectivity index (χ2v) is 5.72. The number of para-hydroxylation sites is 2. The molecule has 0 radical (unpaired) electrons. The molecule has 4 heteroatoms. The Morgan fingerprint density at radius 1 is 1.26 bits per heavy atom. The van der Waals surface area contributed by atoms with Gasteiger partial charge in [0.25, 0.3) is 0 Å². The van der Waals surface area contributed by atoms with Crippen LogP contribution in [0, 0.1) is 0 Å². The van der Waals surface area contributed by atoms with Gasteiger partial charge in [0, 0.05) is 9.75 Å². The third-order valence-corrected chi connectivity index (χ3v) is 4.51. The molecule has 1 aromatic carbocycles. The molecular weight excluding hydrogens is 260 g/mol. The average Bonchev–Trinajstić information content (AvgIpc) is 2.95. The zero-order valence-corrected chi connectivity index (χ0v) is 11.5. The summed E-state index contributed by atoms with van der Waals surface area (Å²) in [6.45, 7) is 2.48. The van der Waals surface area contributed by atoms with Crippen LogP contribution in [0.2, 0.25) is 0 Å². The van der Waals surface area contributed by atoms with E-state index in [1.54, 1.807) is 11.3 Å². The Morgan fingerprint density at radius 3 is 2.79 bits per heavy atom. The Kier molecular flexibility index (Phi) is 3.44. The maximum Gasteiger partial charge on any atom is 0.163 e. The minimum Gasteiger partial charge on any atom is -0.486 e. The molecule has 0 amide bonds. The Morgan fingerprint density at radius 2 is 2.05 bits per heavy atom. The lowest BCUT2D eigenvalue weighted by Gasteiger charge is -2.29. The molecule has 0 saturated heterocycles. The first-order valence-electron chi connectivity index (χ1n) is 6.43. The van der Waals surface area contributed by atoms with Crippen LogP contribution in [0.4, 0.5) is 0 Å². The van der Waals surface area contributed by atoms with Crippen molar-refractivity contribution in [3.63, 3.8) is 0 Å². The minimum atomic E-state index is -0.640. The van der Waals surface area contributed by atoms with Crippen LogP contribution in [0.5, 0.6) is 11.5 Å². The lowest BCUT2D eigenvalue weighted by atomic mass is 10.1. The van der Waals surface area contributed by atoms with E-state index >= 15 is 0 Å². The van der Waals surface area contributed by atoms with Crippen LogP contribution in [0.25, 0.3) is 0 Å². The van der Waals surface area contributed by atoms with Crippen molar-refractivity contribution in [2.24, 2.45) is 0 Å². The number of rotatable bonds is 3. The standard InChI is InChI=1S/C15H16O3S/c1-2-10-7-8-14(19-10)15(16)13-9-17-11-5-3-4-6-12(11)18-13/h3-8,13,15-16H,2,9H2,1H3. The molecule has 0 aliphatic carbocycles. The van der Waals surface area contributed by atoms with E-state index in [4.69, 9.17) is 9.47 Å². The van der Waals surface area contributed by atoms with Gasteiger partial charge in [-0.25, -0.2) is 0 Å². The molecule has 3 rings (SSSR count). The summed E-state index contributed by atoms with van der Waals surface area (Å²) in [5.41, 5.74) is 0. The van der Waals surface area contributed by atoms with Gasteiger partial charge in [-0.3, -0.25) is 0 Å². The number of hydrogen-bond donors (Lipinski definition) is 1. The van der Waals surface area contributed by atoms with Crippen LogP contribution < -0.4 is 9.47 Å². The number of ether oxygens (including phenoxy) is 2. The quantitative estimate of drug-likeness (QED) is 0.935. The molecule has 2 unspecified atom stereocenters. The van der Waals surface area contributed by atoms with Crippen LogP contribution in [-0.4, -0.2) is 17.8 Å². The summed E-state index contributed by atoms with van der Waals surface area (Å²) in [6, 6.07) is 11.6. The largest absolute Gasteiger partial charge is 0.486 e. The van der Waals surface area contributed by atoms with E-state index in [9.17, 15) is 5.11 Å². The normalized spacial score (nSPS) is 19.2. The summed E-state index contributed by atoms with van der Waals surface area (Å²) in [4.78, 5) is 2.20. The Labute approximate surface area is 116 Å². The van der Waals surface area contributed by atoms with E-state index in [2.05, 4.69) is 13.0 Å². The predicted octanol–water partition coefficient (Wildman–Crippen LogP) is 3.18. The van der Waals surface area contributed by atoms with E-state index in [1.807, 2.05) is 30.3 Å². The molecular formula is C15H16O3S. The summed E-state index contributed by atoms with van der Waals surface area (Å²) in [7, 11) is 0. The van der Waals surface area contributed by atoms with Crippen molar-refractivity contribution >= 4 is 11.3 Å². The molecule has 1 aromatic heterocycles. The fraction of sp³-hybridized carbons (Fsp3) is 0.333. The van der Waals surface area contributed by atoms with Crippen molar-refractivity contribution < 1.29 is 14.6 Å². The summed E-state index contributed by atoms with van der Waals surface area (Å²) in [5.74, 6) is 1.44. The highest BCUT2D eigenvalue weighted by Gasteiger charge is 2.29. The molecule has 2 aromatic rings. The fourth-order valence-electron chi connectivity index (χ4n) is 2.12. The second kappa shape index (κ2) is 5.23. The van der Waals surface area contributed by atoms with Gasteiger partial charge in [-0.05, 0) is 30.7 Å². The lowest BCUT2D eigenvalue weighted by Crippen LogP contribution is -2.34. The number of aryl methyl sites for hydroxylation is 1. The van der Waals surface area contributed by atoms with Crippen molar-refractivity contribution in [1.82, 2.24) is 0 Å². The SMILES string of the molecule is CCc1ccc(C(O)C2COc3ccccc3O2)s1. The zero-order valence-electron chi connectivity index (χ0n) is 10.7. The zero-order chi connectivity index (χ0) is 13.2. The van der Waals surface area contributed by atoms with Gasteiger partial charge in [-0.15, -0.1) is 11.3 Å². The molecule has 0 saturated carbocycles. The third-order valence-electron chi connectivity index (χ3n) is 3.21. The highest BCUT2D eigenvalue weighted by atomic mass is 32.1. The van der Waals surface area contributed by atoms with Crippen LogP contribution in [-0.2, 0) is 6.42 Å². The molecule has 1 aliphatic heterocycles. The highest BCUT2D eigenvalue weighted by Crippen LogP contribution is 2.35. The summed E-state index contributed by atoms with van der Waals surface area (Å²) in [5, 5.41) is 10.4. The summed E-state index contributed by atoms with van der Waals surface area (Å²) in [6.07, 6.45) is -0.000633. The monoisotopic (exact) mass is 276 g/mol. The molecule has 100 valence electrons. The van der Waals surface area contributed by atoms with E-state index in [1.165, 1.54) is 4.88 Å². The highest BCUT2D eigenvalue weighted by molar-refractivity contribution is 7.12. The van der Waals surface area contributed by atoms with Gasteiger partial charge in [0.1, 0.15) is 12.7 Å². The maximum absolute atomic E-state index is 10.4. The minimum absolute atomic E-state index is 0.349. The molecule has 2 atom stereocenters. The van der Waals surface area contributed by atoms with Gasteiger partial charge in [0.15, 0.2) is 17.6 Å². The van der Waals surface area contributed by atoms with Crippen LogP contribution in [0.1, 0.15) is 22.8 Å². The van der Waals surface area contributed by atoms with Crippen molar-refractivity contribution in [2.75, 3.05) is 6.61 Å². The average molecular weight is 276 g/mol. The predicted molar refractivity (Wildman–Crippen MR) is 75.0 cm³/mol. The van der Waals surface area contributed by atoms with E-state index in [0.717, 1.165) is 17.0 Å². The van der Waals surface area contributed by atoms with Gasteiger partial charge < -0.3 is 14.6 Å². The van der Waals surface area contributed by atoms with Crippen molar-refractivity contribution in [3.05, 3.63) is 46.2 Å². The third kappa shape index (κ3) is 2.46. The smallest absolute Gasteiger partial charge is 0.163 e. The first-order chi connectivity index (χ1) is 9.28.